The molecule has 5 heteroatoms. The number of aryl methyl sites for hydroxylation is 1. The van der Waals surface area contributed by atoms with Crippen LogP contribution in [0.2, 0.25) is 0 Å². The fraction of sp³-hybridized carbons (Fsp3) is 0.222. The molecule has 0 fully saturated rings. The summed E-state index contributed by atoms with van der Waals surface area (Å²) in [6.45, 7) is -0.491. The molecule has 0 radical (unpaired) electrons. The zero-order valence-electron chi connectivity index (χ0n) is 17.7. The maximum absolute atomic E-state index is 10.7. The number of para-hydroxylation sites is 1. The standard InChI is InChI=1S/C27H26O4S/c28-26(29)19-30-25-13-7-12-24-22(18-31-27(24)25)14-16-32-17-15-23(20-8-3-1-4-9-20)21-10-5-2-6-11-21/h1-13,18,23H,14-17,19H2,(H,28,29)/p-1. The number of rotatable bonds is 11. The Morgan fingerprint density at radius 2 is 1.59 bits per heavy atom. The number of thioether (sulfide) groups is 1. The van der Waals surface area contributed by atoms with Gasteiger partial charge in [-0.3, -0.25) is 0 Å². The molecule has 1 aromatic heterocycles. The Kier molecular flexibility index (Phi) is 7.51. The van der Waals surface area contributed by atoms with Gasteiger partial charge in [0.2, 0.25) is 0 Å². The molecule has 0 atom stereocenters. The molecule has 0 aliphatic carbocycles. The van der Waals surface area contributed by atoms with Crippen LogP contribution < -0.4 is 9.84 Å². The van der Waals surface area contributed by atoms with E-state index < -0.39 is 12.6 Å². The number of furan rings is 1. The monoisotopic (exact) mass is 445 g/mol. The summed E-state index contributed by atoms with van der Waals surface area (Å²) in [7, 11) is 0. The molecule has 32 heavy (non-hydrogen) atoms. The van der Waals surface area contributed by atoms with Crippen LogP contribution in [0.5, 0.6) is 5.75 Å². The van der Waals surface area contributed by atoms with Crippen LogP contribution in [-0.2, 0) is 11.2 Å². The molecular formula is C27H25O4S-. The van der Waals surface area contributed by atoms with E-state index in [-0.39, 0.29) is 0 Å². The van der Waals surface area contributed by atoms with Gasteiger partial charge in [0.25, 0.3) is 0 Å². The Morgan fingerprint density at radius 3 is 2.25 bits per heavy atom. The summed E-state index contributed by atoms with van der Waals surface area (Å²) in [5, 5.41) is 11.6. The third-order valence-corrected chi connectivity index (χ3v) is 6.48. The van der Waals surface area contributed by atoms with Gasteiger partial charge in [-0.1, -0.05) is 72.8 Å². The maximum atomic E-state index is 10.7. The second-order valence-corrected chi connectivity index (χ2v) is 8.80. The Labute approximate surface area is 192 Å². The van der Waals surface area contributed by atoms with Crippen LogP contribution in [0.25, 0.3) is 11.0 Å². The number of hydrogen-bond acceptors (Lipinski definition) is 5. The van der Waals surface area contributed by atoms with E-state index in [0.717, 1.165) is 35.3 Å². The molecule has 4 aromatic rings. The quantitative estimate of drug-likeness (QED) is 0.302. The average molecular weight is 446 g/mol. The normalized spacial score (nSPS) is 11.2. The molecular weight excluding hydrogens is 420 g/mol. The smallest absolute Gasteiger partial charge is 0.175 e. The summed E-state index contributed by atoms with van der Waals surface area (Å²) in [5.41, 5.74) is 4.39. The number of carboxylic acids is 1. The number of fused-ring (bicyclic) bond motifs is 1. The lowest BCUT2D eigenvalue weighted by Crippen LogP contribution is -2.28. The highest BCUT2D eigenvalue weighted by atomic mass is 32.2. The van der Waals surface area contributed by atoms with E-state index in [1.54, 1.807) is 12.3 Å². The molecule has 0 aliphatic heterocycles. The van der Waals surface area contributed by atoms with Crippen molar-refractivity contribution in [1.82, 2.24) is 0 Å². The Hall–Kier alpha value is -3.18. The van der Waals surface area contributed by atoms with Crippen molar-refractivity contribution in [2.45, 2.75) is 18.8 Å². The van der Waals surface area contributed by atoms with Crippen LogP contribution in [0, 0.1) is 0 Å². The Balaban J connectivity index is 1.34. The molecule has 0 spiro atoms. The van der Waals surface area contributed by atoms with Crippen LogP contribution in [-0.4, -0.2) is 24.1 Å². The molecule has 3 aromatic carbocycles. The molecule has 0 bridgehead atoms. The highest BCUT2D eigenvalue weighted by molar-refractivity contribution is 7.99. The van der Waals surface area contributed by atoms with Crippen molar-refractivity contribution < 1.29 is 19.1 Å². The number of carbonyl (C=O) groups excluding carboxylic acids is 1. The summed E-state index contributed by atoms with van der Waals surface area (Å²) in [5.74, 6) is 1.61. The van der Waals surface area contributed by atoms with Gasteiger partial charge < -0.3 is 19.1 Å². The predicted molar refractivity (Wildman–Crippen MR) is 127 cm³/mol. The average Bonchev–Trinajstić information content (AvgIpc) is 3.25. The van der Waals surface area contributed by atoms with Crippen LogP contribution in [0.1, 0.15) is 29.0 Å². The van der Waals surface area contributed by atoms with E-state index in [2.05, 4.69) is 60.7 Å². The molecule has 164 valence electrons. The summed E-state index contributed by atoms with van der Waals surface area (Å²) in [4.78, 5) is 10.7. The van der Waals surface area contributed by atoms with E-state index in [1.165, 1.54) is 11.1 Å². The van der Waals surface area contributed by atoms with E-state index in [9.17, 15) is 9.90 Å². The first-order chi connectivity index (χ1) is 15.7. The lowest BCUT2D eigenvalue weighted by Gasteiger charge is -2.18. The fourth-order valence-corrected chi connectivity index (χ4v) is 4.88. The van der Waals surface area contributed by atoms with E-state index in [1.807, 2.05) is 23.9 Å². The number of aliphatic carboxylic acids is 1. The first kappa shape index (κ1) is 22.0. The van der Waals surface area contributed by atoms with Crippen molar-refractivity contribution >= 4 is 28.7 Å². The number of ether oxygens (including phenoxy) is 1. The lowest BCUT2D eigenvalue weighted by molar-refractivity contribution is -0.307. The van der Waals surface area contributed by atoms with Gasteiger partial charge in [0.15, 0.2) is 11.3 Å². The number of benzene rings is 3. The lowest BCUT2D eigenvalue weighted by atomic mass is 9.89. The van der Waals surface area contributed by atoms with E-state index >= 15 is 0 Å². The summed E-state index contributed by atoms with van der Waals surface area (Å²) < 4.78 is 11.0. The molecule has 0 N–H and O–H groups in total. The van der Waals surface area contributed by atoms with Crippen molar-refractivity contribution in [2.24, 2.45) is 0 Å². The number of carboxylic acid groups (broad SMARTS) is 1. The first-order valence-corrected chi connectivity index (χ1v) is 11.9. The van der Waals surface area contributed by atoms with Crippen LogP contribution >= 0.6 is 11.8 Å². The Morgan fingerprint density at radius 1 is 0.906 bits per heavy atom. The second kappa shape index (κ2) is 10.9. The van der Waals surface area contributed by atoms with Gasteiger partial charge in [-0.25, -0.2) is 0 Å². The fourth-order valence-electron chi connectivity index (χ4n) is 3.91. The van der Waals surface area contributed by atoms with Gasteiger partial charge in [0.05, 0.1) is 12.2 Å². The number of hydrogen-bond donors (Lipinski definition) is 0. The van der Waals surface area contributed by atoms with Crippen molar-refractivity contribution in [3.8, 4) is 5.75 Å². The minimum Gasteiger partial charge on any atom is -0.546 e. The highest BCUT2D eigenvalue weighted by Crippen LogP contribution is 2.32. The SMILES string of the molecule is O=C([O-])COc1cccc2c(CCSCCC(c3ccccc3)c3ccccc3)coc12. The summed E-state index contributed by atoms with van der Waals surface area (Å²) in [6, 6.07) is 26.9. The van der Waals surface area contributed by atoms with Gasteiger partial charge >= 0.3 is 0 Å². The van der Waals surface area contributed by atoms with Crippen molar-refractivity contribution in [3.05, 3.63) is 102 Å². The third kappa shape index (κ3) is 5.54. The Bertz CT molecular complexity index is 1100. The summed E-state index contributed by atoms with van der Waals surface area (Å²) in [6.07, 6.45) is 3.70. The van der Waals surface area contributed by atoms with Crippen molar-refractivity contribution in [2.75, 3.05) is 18.1 Å². The van der Waals surface area contributed by atoms with Crippen LogP contribution in [0.15, 0.2) is 89.5 Å². The minimum atomic E-state index is -1.26. The van der Waals surface area contributed by atoms with Gasteiger partial charge in [-0.15, -0.1) is 0 Å². The molecule has 0 unspecified atom stereocenters. The molecule has 4 rings (SSSR count). The topological polar surface area (TPSA) is 62.5 Å². The maximum Gasteiger partial charge on any atom is 0.175 e. The molecule has 0 aliphatic rings. The zero-order valence-corrected chi connectivity index (χ0v) is 18.6. The zero-order chi connectivity index (χ0) is 22.2. The van der Waals surface area contributed by atoms with E-state index in [0.29, 0.717) is 17.3 Å². The number of carbonyl (C=O) groups is 1. The van der Waals surface area contributed by atoms with E-state index in [4.69, 9.17) is 9.15 Å². The van der Waals surface area contributed by atoms with Crippen LogP contribution in [0.3, 0.4) is 0 Å². The molecule has 0 saturated carbocycles. The van der Waals surface area contributed by atoms with Gasteiger partial charge in [0.1, 0.15) is 6.61 Å². The first-order valence-electron chi connectivity index (χ1n) is 10.7. The molecule has 0 amide bonds. The second-order valence-electron chi connectivity index (χ2n) is 7.58. The molecule has 0 saturated heterocycles. The van der Waals surface area contributed by atoms with Gasteiger partial charge in [-0.05, 0) is 47.1 Å². The molecule has 4 nitrogen and oxygen atoms in total. The van der Waals surface area contributed by atoms with Crippen molar-refractivity contribution in [3.63, 3.8) is 0 Å². The van der Waals surface area contributed by atoms with Gasteiger partial charge in [0, 0.05) is 11.3 Å². The largest absolute Gasteiger partial charge is 0.546 e. The highest BCUT2D eigenvalue weighted by Gasteiger charge is 2.14. The third-order valence-electron chi connectivity index (χ3n) is 5.46. The molecule has 1 heterocycles. The summed E-state index contributed by atoms with van der Waals surface area (Å²) >= 11 is 1.94. The van der Waals surface area contributed by atoms with Crippen molar-refractivity contribution in [1.29, 1.82) is 0 Å². The minimum absolute atomic E-state index is 0.392. The van der Waals surface area contributed by atoms with Crippen LogP contribution in [0.4, 0.5) is 0 Å². The predicted octanol–water partition coefficient (Wildman–Crippen LogP) is 5.06. The van der Waals surface area contributed by atoms with Gasteiger partial charge in [-0.2, -0.15) is 11.8 Å².